The number of hydrogen-bond donors (Lipinski definition) is 1. The number of carbonyl (C=O) groups excluding carboxylic acids is 1. The fraction of sp³-hybridized carbons (Fsp3) is 0.571. The number of rotatable bonds is 5. The number of nitrogens with zero attached hydrogens (tertiary/aromatic N) is 3. The minimum absolute atomic E-state index is 0.0810. The van der Waals surface area contributed by atoms with Crippen molar-refractivity contribution in [1.29, 1.82) is 0 Å². The van der Waals surface area contributed by atoms with Gasteiger partial charge in [0.2, 0.25) is 0 Å². The van der Waals surface area contributed by atoms with Crippen LogP contribution in [-0.2, 0) is 4.79 Å². The summed E-state index contributed by atoms with van der Waals surface area (Å²) in [6.45, 7) is 2.42. The number of amides is 1. The maximum atomic E-state index is 11.7. The Bertz CT molecular complexity index is 461. The van der Waals surface area contributed by atoms with E-state index in [1.54, 1.807) is 0 Å². The van der Waals surface area contributed by atoms with Gasteiger partial charge in [0.25, 0.3) is 5.91 Å². The van der Waals surface area contributed by atoms with Crippen LogP contribution in [0.25, 0.3) is 0 Å². The Balaban J connectivity index is 1.75. The van der Waals surface area contributed by atoms with Crippen LogP contribution in [0.4, 0.5) is 5.88 Å². The van der Waals surface area contributed by atoms with E-state index in [-0.39, 0.29) is 5.91 Å². The molecule has 1 fully saturated rings. The van der Waals surface area contributed by atoms with E-state index in [4.69, 9.17) is 4.42 Å². The van der Waals surface area contributed by atoms with Gasteiger partial charge in [-0.2, -0.15) is 5.10 Å². The van der Waals surface area contributed by atoms with E-state index >= 15 is 0 Å². The molecule has 20 heavy (non-hydrogen) atoms. The van der Waals surface area contributed by atoms with Crippen molar-refractivity contribution in [3.8, 4) is 0 Å². The van der Waals surface area contributed by atoms with Crippen LogP contribution >= 0.6 is 0 Å². The Labute approximate surface area is 119 Å². The van der Waals surface area contributed by atoms with Gasteiger partial charge < -0.3 is 9.32 Å². The van der Waals surface area contributed by atoms with Gasteiger partial charge in [-0.25, -0.2) is 5.43 Å². The molecule has 1 amide bonds. The second kappa shape index (κ2) is 7.09. The normalized spacial score (nSPS) is 16.5. The van der Waals surface area contributed by atoms with E-state index in [2.05, 4.69) is 15.4 Å². The van der Waals surface area contributed by atoms with Crippen molar-refractivity contribution in [3.05, 3.63) is 17.9 Å². The van der Waals surface area contributed by atoms with Crippen molar-refractivity contribution in [2.75, 3.05) is 38.6 Å². The van der Waals surface area contributed by atoms with Crippen LogP contribution in [0, 0.1) is 0 Å². The molecular formula is C14H22N4O2. The third kappa shape index (κ3) is 4.38. The summed E-state index contributed by atoms with van der Waals surface area (Å²) in [6, 6.07) is 3.67. The molecule has 0 unspecified atom stereocenters. The van der Waals surface area contributed by atoms with E-state index in [1.165, 1.54) is 25.5 Å². The Morgan fingerprint density at radius 2 is 2.15 bits per heavy atom. The monoisotopic (exact) mass is 278 g/mol. The smallest absolute Gasteiger partial charge is 0.254 e. The van der Waals surface area contributed by atoms with Crippen molar-refractivity contribution in [2.24, 2.45) is 5.10 Å². The fourth-order valence-electron chi connectivity index (χ4n) is 2.18. The molecule has 0 aliphatic carbocycles. The zero-order valence-corrected chi connectivity index (χ0v) is 12.1. The van der Waals surface area contributed by atoms with Gasteiger partial charge >= 0.3 is 0 Å². The molecule has 1 aromatic heterocycles. The van der Waals surface area contributed by atoms with Gasteiger partial charge in [-0.1, -0.05) is 6.42 Å². The minimum Gasteiger partial charge on any atom is -0.440 e. The number of furan rings is 1. The van der Waals surface area contributed by atoms with Gasteiger partial charge in [-0.3, -0.25) is 9.69 Å². The highest BCUT2D eigenvalue weighted by Gasteiger charge is 2.13. The third-order valence-corrected chi connectivity index (χ3v) is 3.25. The van der Waals surface area contributed by atoms with E-state index < -0.39 is 0 Å². The predicted octanol–water partition coefficient (Wildman–Crippen LogP) is 1.28. The van der Waals surface area contributed by atoms with Crippen LogP contribution < -0.4 is 10.3 Å². The maximum Gasteiger partial charge on any atom is 0.254 e. The summed E-state index contributed by atoms with van der Waals surface area (Å²) < 4.78 is 5.49. The highest BCUT2D eigenvalue weighted by atomic mass is 16.4. The Hall–Kier alpha value is -1.82. The molecule has 0 bridgehead atoms. The molecule has 2 rings (SSSR count). The lowest BCUT2D eigenvalue weighted by Crippen LogP contribution is -2.38. The molecular weight excluding hydrogens is 256 g/mol. The van der Waals surface area contributed by atoms with Gasteiger partial charge in [0.1, 0.15) is 5.76 Å². The molecule has 110 valence electrons. The Morgan fingerprint density at radius 1 is 1.40 bits per heavy atom. The van der Waals surface area contributed by atoms with Crippen molar-refractivity contribution in [2.45, 2.75) is 19.3 Å². The highest BCUT2D eigenvalue weighted by Crippen LogP contribution is 2.14. The van der Waals surface area contributed by atoms with E-state index in [1.807, 2.05) is 31.1 Å². The standard InChI is InChI=1S/C14H22N4O2/c1-17(2)14-7-6-12(20-14)10-15-16-13(19)11-18-8-4-3-5-9-18/h6-7,10H,3-5,8-9,11H2,1-2H3,(H,16,19)/b15-10-. The van der Waals surface area contributed by atoms with Gasteiger partial charge in [-0.15, -0.1) is 0 Å². The number of anilines is 1. The lowest BCUT2D eigenvalue weighted by atomic mass is 10.1. The first-order valence-electron chi connectivity index (χ1n) is 6.96. The summed E-state index contributed by atoms with van der Waals surface area (Å²) in [5, 5.41) is 3.92. The van der Waals surface area contributed by atoms with Crippen LogP contribution in [0.3, 0.4) is 0 Å². The summed E-state index contributed by atoms with van der Waals surface area (Å²) >= 11 is 0. The number of nitrogens with one attached hydrogen (secondary N) is 1. The average Bonchev–Trinajstić information content (AvgIpc) is 2.89. The number of carbonyl (C=O) groups is 1. The molecule has 1 aromatic rings. The van der Waals surface area contributed by atoms with Crippen LogP contribution in [0.2, 0.25) is 0 Å². The summed E-state index contributed by atoms with van der Waals surface area (Å²) in [4.78, 5) is 15.7. The molecule has 0 atom stereocenters. The van der Waals surface area contributed by atoms with E-state index in [9.17, 15) is 4.79 Å². The average molecular weight is 278 g/mol. The van der Waals surface area contributed by atoms with Crippen molar-refractivity contribution in [1.82, 2.24) is 10.3 Å². The topological polar surface area (TPSA) is 61.1 Å². The molecule has 6 heteroatoms. The van der Waals surface area contributed by atoms with Crippen molar-refractivity contribution in [3.63, 3.8) is 0 Å². The number of hydrazone groups is 1. The SMILES string of the molecule is CN(C)c1ccc(/C=N\NC(=O)CN2CCCCC2)o1. The fourth-order valence-corrected chi connectivity index (χ4v) is 2.18. The summed E-state index contributed by atoms with van der Waals surface area (Å²) in [6.07, 6.45) is 5.14. The van der Waals surface area contributed by atoms with Crippen molar-refractivity contribution >= 4 is 18.0 Å². The van der Waals surface area contributed by atoms with Gasteiger partial charge in [0.15, 0.2) is 5.88 Å². The molecule has 1 aliphatic rings. The second-order valence-electron chi connectivity index (χ2n) is 5.20. The largest absolute Gasteiger partial charge is 0.440 e. The van der Waals surface area contributed by atoms with Crippen LogP contribution in [-0.4, -0.2) is 50.8 Å². The number of likely N-dealkylation sites (tertiary alicyclic amines) is 1. The molecule has 0 spiro atoms. The molecule has 1 aliphatic heterocycles. The second-order valence-corrected chi connectivity index (χ2v) is 5.20. The first-order valence-corrected chi connectivity index (χ1v) is 6.96. The maximum absolute atomic E-state index is 11.7. The summed E-state index contributed by atoms with van der Waals surface area (Å²) in [5.74, 6) is 1.29. The Morgan fingerprint density at radius 3 is 2.80 bits per heavy atom. The van der Waals surface area contributed by atoms with Gasteiger partial charge in [-0.05, 0) is 32.0 Å². The number of hydrogen-bond acceptors (Lipinski definition) is 5. The summed E-state index contributed by atoms with van der Waals surface area (Å²) in [5.41, 5.74) is 2.53. The van der Waals surface area contributed by atoms with E-state index in [0.717, 1.165) is 19.0 Å². The molecule has 0 radical (unpaired) electrons. The third-order valence-electron chi connectivity index (χ3n) is 3.25. The first kappa shape index (κ1) is 14.6. The number of piperidine rings is 1. The Kier molecular flexibility index (Phi) is 5.17. The van der Waals surface area contributed by atoms with Crippen LogP contribution in [0.15, 0.2) is 21.7 Å². The first-order chi connectivity index (χ1) is 9.65. The van der Waals surface area contributed by atoms with E-state index in [0.29, 0.717) is 12.3 Å². The van der Waals surface area contributed by atoms with Gasteiger partial charge in [0.05, 0.1) is 12.8 Å². The summed E-state index contributed by atoms with van der Waals surface area (Å²) in [7, 11) is 3.81. The quantitative estimate of drug-likeness (QED) is 0.651. The zero-order chi connectivity index (χ0) is 14.4. The molecule has 1 saturated heterocycles. The lowest BCUT2D eigenvalue weighted by Gasteiger charge is -2.25. The van der Waals surface area contributed by atoms with Crippen molar-refractivity contribution < 1.29 is 9.21 Å². The molecule has 1 N–H and O–H groups in total. The molecule has 6 nitrogen and oxygen atoms in total. The highest BCUT2D eigenvalue weighted by molar-refractivity contribution is 5.81. The van der Waals surface area contributed by atoms with Gasteiger partial charge in [0, 0.05) is 20.2 Å². The zero-order valence-electron chi connectivity index (χ0n) is 12.1. The molecule has 2 heterocycles. The molecule has 0 aromatic carbocycles. The molecule has 0 saturated carbocycles. The van der Waals surface area contributed by atoms with Crippen LogP contribution in [0.1, 0.15) is 25.0 Å². The minimum atomic E-state index is -0.0810. The predicted molar refractivity (Wildman–Crippen MR) is 79.1 cm³/mol. The lowest BCUT2D eigenvalue weighted by molar-refractivity contribution is -0.122. The van der Waals surface area contributed by atoms with Crippen LogP contribution in [0.5, 0.6) is 0 Å².